The van der Waals surface area contributed by atoms with Crippen molar-refractivity contribution < 1.29 is 22.5 Å². The molecule has 1 heterocycles. The van der Waals surface area contributed by atoms with Crippen LogP contribution in [-0.2, 0) is 20.3 Å². The van der Waals surface area contributed by atoms with Crippen LogP contribution >= 0.6 is 0 Å². The normalized spacial score (nSPS) is 27.6. The Morgan fingerprint density at radius 2 is 1.92 bits per heavy atom. The molecule has 1 saturated heterocycles. The molecule has 2 unspecified atom stereocenters. The van der Waals surface area contributed by atoms with E-state index in [4.69, 9.17) is 8.92 Å². The molecule has 138 valence electrons. The second-order valence-corrected chi connectivity index (χ2v) is 8.49. The van der Waals surface area contributed by atoms with Crippen molar-refractivity contribution in [3.63, 3.8) is 0 Å². The first-order valence-corrected chi connectivity index (χ1v) is 9.50. The van der Waals surface area contributed by atoms with Crippen LogP contribution in [0.4, 0.5) is 4.79 Å². The minimum absolute atomic E-state index is 0.122. The van der Waals surface area contributed by atoms with Crippen LogP contribution in [0.3, 0.4) is 0 Å². The van der Waals surface area contributed by atoms with Crippen LogP contribution in [-0.4, -0.2) is 37.4 Å². The summed E-state index contributed by atoms with van der Waals surface area (Å²) < 4.78 is 33.2. The van der Waals surface area contributed by atoms with Crippen molar-refractivity contribution in [2.45, 2.75) is 64.3 Å². The van der Waals surface area contributed by atoms with Gasteiger partial charge in [0.05, 0.1) is 17.4 Å². The highest BCUT2D eigenvalue weighted by molar-refractivity contribution is 7.74. The van der Waals surface area contributed by atoms with E-state index in [2.05, 4.69) is 0 Å². The first-order valence-electron chi connectivity index (χ1n) is 8.50. The number of amides is 1. The number of carbonyl (C=O) groups is 1. The number of aryl methyl sites for hydroxylation is 1. The number of hydrogen-bond donors (Lipinski definition) is 0. The molecule has 1 aliphatic carbocycles. The van der Waals surface area contributed by atoms with Crippen LogP contribution < -0.4 is 0 Å². The fourth-order valence-corrected chi connectivity index (χ4v) is 3.94. The summed E-state index contributed by atoms with van der Waals surface area (Å²) in [7, 11) is 0. The third kappa shape index (κ3) is 4.22. The summed E-state index contributed by atoms with van der Waals surface area (Å²) in [6.45, 7) is 7.42. The van der Waals surface area contributed by atoms with Crippen LogP contribution in [0.5, 0.6) is 0 Å². The van der Waals surface area contributed by atoms with Crippen LogP contribution in [0.15, 0.2) is 24.3 Å². The van der Waals surface area contributed by atoms with Gasteiger partial charge in [0, 0.05) is 6.04 Å². The van der Waals surface area contributed by atoms with E-state index in [1.54, 1.807) is 4.90 Å². The number of likely N-dealkylation sites (tertiary alicyclic amines) is 1. The van der Waals surface area contributed by atoms with Crippen molar-refractivity contribution in [1.29, 1.82) is 0 Å². The topological polar surface area (TPSA) is 78.9 Å². The molecule has 5 atom stereocenters. The molecular weight excluding hydrogens is 342 g/mol. The van der Waals surface area contributed by atoms with E-state index in [-0.39, 0.29) is 12.1 Å². The van der Waals surface area contributed by atoms with Crippen LogP contribution in [0.2, 0.25) is 0 Å². The van der Waals surface area contributed by atoms with Crippen molar-refractivity contribution in [3.8, 4) is 0 Å². The van der Waals surface area contributed by atoms with Gasteiger partial charge >= 0.3 is 6.09 Å². The smallest absolute Gasteiger partial charge is 0.410 e. The Balaban J connectivity index is 1.87. The average molecular weight is 366 g/mol. The molecule has 7 heteroatoms. The number of carbonyl (C=O) groups excluding carboxylic acids is 1. The van der Waals surface area contributed by atoms with E-state index in [0.29, 0.717) is 5.92 Å². The molecule has 0 spiro atoms. The standard InChI is InChI=1S/C18H25NO5S/c1-11-5-7-12(8-6-11)16(24-25(21)22)15-10-13-9-14(13)19(15)17(20)23-18(2,3)4/h5-8,13-16H,9-10H2,1-4H3,(H,21,22)/p-1/t13-,14-,15+,16?/m1/s1. The number of benzene rings is 1. The summed E-state index contributed by atoms with van der Waals surface area (Å²) in [5, 5.41) is 0. The maximum atomic E-state index is 12.7. The van der Waals surface area contributed by atoms with Gasteiger partial charge in [0.15, 0.2) is 0 Å². The van der Waals surface area contributed by atoms with Crippen LogP contribution in [0, 0.1) is 12.8 Å². The van der Waals surface area contributed by atoms with Gasteiger partial charge in [0.2, 0.25) is 0 Å². The SMILES string of the molecule is Cc1ccc(C(OS(=O)[O-])[C@@H]2C[C@H]3C[C@H]3N2C(=O)OC(C)(C)C)cc1. The Morgan fingerprint density at radius 1 is 1.28 bits per heavy atom. The Hall–Kier alpha value is -1.44. The van der Waals surface area contributed by atoms with Crippen LogP contribution in [0.1, 0.15) is 50.8 Å². The fourth-order valence-electron chi connectivity index (χ4n) is 3.53. The van der Waals surface area contributed by atoms with E-state index in [0.717, 1.165) is 24.0 Å². The molecule has 0 bridgehead atoms. The van der Waals surface area contributed by atoms with Crippen molar-refractivity contribution >= 4 is 17.5 Å². The van der Waals surface area contributed by atoms with Crippen molar-refractivity contribution in [2.75, 3.05) is 0 Å². The molecule has 1 aromatic rings. The van der Waals surface area contributed by atoms with Crippen LogP contribution in [0.25, 0.3) is 0 Å². The first kappa shape index (κ1) is 18.4. The highest BCUT2D eigenvalue weighted by Crippen LogP contribution is 2.52. The van der Waals surface area contributed by atoms with Gasteiger partial charge in [-0.25, -0.2) is 9.00 Å². The molecule has 0 aromatic heterocycles. The Bertz CT molecular complexity index is 669. The van der Waals surface area contributed by atoms with E-state index in [9.17, 15) is 13.6 Å². The van der Waals surface area contributed by atoms with Gasteiger partial charge in [0.25, 0.3) is 0 Å². The van der Waals surface area contributed by atoms with Crippen molar-refractivity contribution in [3.05, 3.63) is 35.4 Å². The lowest BCUT2D eigenvalue weighted by atomic mass is 9.98. The Labute approximate surface area is 151 Å². The highest BCUT2D eigenvalue weighted by Gasteiger charge is 2.57. The monoisotopic (exact) mass is 366 g/mol. The van der Waals surface area contributed by atoms with Gasteiger partial charge in [0.1, 0.15) is 11.7 Å². The number of piperidine rings is 1. The molecule has 1 aromatic carbocycles. The fraction of sp³-hybridized carbons (Fsp3) is 0.611. The quantitative estimate of drug-likeness (QED) is 0.764. The summed E-state index contributed by atoms with van der Waals surface area (Å²) >= 11 is -2.67. The number of hydrogen-bond acceptors (Lipinski definition) is 5. The third-order valence-corrected chi connectivity index (χ3v) is 5.05. The van der Waals surface area contributed by atoms with E-state index in [1.165, 1.54) is 0 Å². The van der Waals surface area contributed by atoms with E-state index >= 15 is 0 Å². The predicted molar refractivity (Wildman–Crippen MR) is 92.3 cm³/mol. The summed E-state index contributed by atoms with van der Waals surface area (Å²) in [5.74, 6) is 0.397. The minimum Gasteiger partial charge on any atom is -0.750 e. The summed E-state index contributed by atoms with van der Waals surface area (Å²) in [6.07, 6.45) is 0.537. The molecule has 2 aliphatic rings. The number of rotatable bonds is 4. The van der Waals surface area contributed by atoms with Gasteiger partial charge in [-0.2, -0.15) is 0 Å². The maximum Gasteiger partial charge on any atom is 0.410 e. The molecule has 25 heavy (non-hydrogen) atoms. The molecule has 3 rings (SSSR count). The second-order valence-electron chi connectivity index (χ2n) is 7.89. The predicted octanol–water partition coefficient (Wildman–Crippen LogP) is 3.24. The molecule has 6 nitrogen and oxygen atoms in total. The zero-order valence-corrected chi connectivity index (χ0v) is 15.7. The summed E-state index contributed by atoms with van der Waals surface area (Å²) in [5.41, 5.74) is 1.22. The van der Waals surface area contributed by atoms with E-state index in [1.807, 2.05) is 52.0 Å². The van der Waals surface area contributed by atoms with Gasteiger partial charge < -0.3 is 9.29 Å². The van der Waals surface area contributed by atoms with Gasteiger partial charge in [-0.3, -0.25) is 9.08 Å². The van der Waals surface area contributed by atoms with Gasteiger partial charge in [-0.1, -0.05) is 29.8 Å². The zero-order chi connectivity index (χ0) is 18.4. The Morgan fingerprint density at radius 3 is 2.48 bits per heavy atom. The Kier molecular flexibility index (Phi) is 4.92. The van der Waals surface area contributed by atoms with E-state index < -0.39 is 29.2 Å². The van der Waals surface area contributed by atoms with Crippen molar-refractivity contribution in [1.82, 2.24) is 4.90 Å². The summed E-state index contributed by atoms with van der Waals surface area (Å²) in [6, 6.07) is 7.30. The van der Waals surface area contributed by atoms with Gasteiger partial charge in [-0.05, 0) is 52.0 Å². The molecule has 0 radical (unpaired) electrons. The zero-order valence-electron chi connectivity index (χ0n) is 14.9. The van der Waals surface area contributed by atoms with Crippen molar-refractivity contribution in [2.24, 2.45) is 5.92 Å². The summed E-state index contributed by atoms with van der Waals surface area (Å²) in [4.78, 5) is 14.4. The molecule has 1 amide bonds. The third-order valence-electron chi connectivity index (χ3n) is 4.69. The minimum atomic E-state index is -2.67. The molecule has 1 aliphatic heterocycles. The second kappa shape index (κ2) is 6.70. The molecule has 2 fully saturated rings. The first-order chi connectivity index (χ1) is 11.7. The average Bonchev–Trinajstić information content (AvgIpc) is 3.14. The molecule has 1 saturated carbocycles. The number of fused-ring (bicyclic) bond motifs is 1. The lowest BCUT2D eigenvalue weighted by Crippen LogP contribution is -2.45. The van der Waals surface area contributed by atoms with Gasteiger partial charge in [-0.15, -0.1) is 0 Å². The highest BCUT2D eigenvalue weighted by atomic mass is 32.2. The lowest BCUT2D eigenvalue weighted by molar-refractivity contribution is 0.00310. The number of ether oxygens (including phenoxy) is 1. The maximum absolute atomic E-state index is 12.7. The molecular formula is C18H24NO5S-. The lowest BCUT2D eigenvalue weighted by Gasteiger charge is -2.35. The number of nitrogens with zero attached hydrogens (tertiary/aromatic N) is 1. The molecule has 0 N–H and O–H groups in total. The largest absolute Gasteiger partial charge is 0.750 e.